The lowest BCUT2D eigenvalue weighted by Crippen LogP contribution is -2.10. The number of pyridine rings is 2. The van der Waals surface area contributed by atoms with Gasteiger partial charge in [0.05, 0.1) is 17.3 Å². The number of anilines is 2. The van der Waals surface area contributed by atoms with Crippen molar-refractivity contribution < 1.29 is 13.9 Å². The van der Waals surface area contributed by atoms with Gasteiger partial charge in [0.2, 0.25) is 0 Å². The fraction of sp³-hybridized carbons (Fsp3) is 0.211. The second kappa shape index (κ2) is 7.66. The predicted molar refractivity (Wildman–Crippen MR) is 99.5 cm³/mol. The van der Waals surface area contributed by atoms with Crippen molar-refractivity contribution in [2.75, 3.05) is 11.9 Å². The molecule has 0 bridgehead atoms. The standard InChI is InChI=1S/C19H17ClFN3O2/c1-3-8-26-19(25)14-10-22-18-13(6-4-11(2)23-18)17(14)24-12-5-7-16(21)15(20)9-12/h4-7,9-10H,3,8H2,1-2H3,(H,22,23,24). The second-order valence-corrected chi connectivity index (χ2v) is 6.17. The highest BCUT2D eigenvalue weighted by Gasteiger charge is 2.18. The molecule has 0 aliphatic heterocycles. The summed E-state index contributed by atoms with van der Waals surface area (Å²) in [5.74, 6) is -1.01. The van der Waals surface area contributed by atoms with Crippen LogP contribution in [0.25, 0.3) is 11.0 Å². The molecule has 3 rings (SSSR count). The van der Waals surface area contributed by atoms with E-state index in [9.17, 15) is 9.18 Å². The first-order chi connectivity index (χ1) is 12.5. The van der Waals surface area contributed by atoms with E-state index in [0.29, 0.717) is 35.4 Å². The first kappa shape index (κ1) is 18.1. The molecule has 5 nitrogen and oxygen atoms in total. The summed E-state index contributed by atoms with van der Waals surface area (Å²) in [4.78, 5) is 21.1. The van der Waals surface area contributed by atoms with Crippen LogP contribution in [0.5, 0.6) is 0 Å². The van der Waals surface area contributed by atoms with E-state index < -0.39 is 11.8 Å². The van der Waals surface area contributed by atoms with Gasteiger partial charge in [0, 0.05) is 23.0 Å². The molecule has 0 amide bonds. The number of aryl methyl sites for hydroxylation is 1. The van der Waals surface area contributed by atoms with Crippen molar-refractivity contribution in [1.82, 2.24) is 9.97 Å². The molecule has 2 aromatic heterocycles. The Morgan fingerprint density at radius 1 is 1.31 bits per heavy atom. The third-order valence-electron chi connectivity index (χ3n) is 3.72. The van der Waals surface area contributed by atoms with Crippen LogP contribution in [0, 0.1) is 12.7 Å². The van der Waals surface area contributed by atoms with Gasteiger partial charge in [-0.25, -0.2) is 19.2 Å². The summed E-state index contributed by atoms with van der Waals surface area (Å²) in [6, 6.07) is 7.90. The van der Waals surface area contributed by atoms with E-state index in [2.05, 4.69) is 15.3 Å². The maximum atomic E-state index is 13.4. The molecular weight excluding hydrogens is 357 g/mol. The highest BCUT2D eigenvalue weighted by molar-refractivity contribution is 6.31. The number of fused-ring (bicyclic) bond motifs is 1. The van der Waals surface area contributed by atoms with E-state index in [0.717, 1.165) is 5.69 Å². The topological polar surface area (TPSA) is 64.1 Å². The Labute approximate surface area is 155 Å². The summed E-state index contributed by atoms with van der Waals surface area (Å²) < 4.78 is 18.7. The largest absolute Gasteiger partial charge is 0.462 e. The minimum atomic E-state index is -0.517. The summed E-state index contributed by atoms with van der Waals surface area (Å²) in [7, 11) is 0. The Hall–Kier alpha value is -2.73. The van der Waals surface area contributed by atoms with Gasteiger partial charge in [0.15, 0.2) is 5.65 Å². The van der Waals surface area contributed by atoms with E-state index >= 15 is 0 Å². The molecule has 2 heterocycles. The smallest absolute Gasteiger partial charge is 0.341 e. The fourth-order valence-electron chi connectivity index (χ4n) is 2.45. The van der Waals surface area contributed by atoms with Crippen LogP contribution in [-0.4, -0.2) is 22.5 Å². The van der Waals surface area contributed by atoms with Crippen LogP contribution in [0.3, 0.4) is 0 Å². The third kappa shape index (κ3) is 3.75. The van der Waals surface area contributed by atoms with Crippen LogP contribution in [0.2, 0.25) is 5.02 Å². The summed E-state index contributed by atoms with van der Waals surface area (Å²) >= 11 is 5.86. The molecule has 0 radical (unpaired) electrons. The first-order valence-corrected chi connectivity index (χ1v) is 8.53. The molecule has 1 N–H and O–H groups in total. The van der Waals surface area contributed by atoms with Gasteiger partial charge in [0.25, 0.3) is 0 Å². The van der Waals surface area contributed by atoms with Gasteiger partial charge in [-0.15, -0.1) is 0 Å². The Balaban J connectivity index is 2.11. The van der Waals surface area contributed by atoms with Gasteiger partial charge in [-0.3, -0.25) is 0 Å². The number of carbonyl (C=O) groups is 1. The van der Waals surface area contributed by atoms with E-state index in [4.69, 9.17) is 16.3 Å². The third-order valence-corrected chi connectivity index (χ3v) is 4.00. The van der Waals surface area contributed by atoms with Crippen LogP contribution in [0.1, 0.15) is 29.4 Å². The number of nitrogens with zero attached hydrogens (tertiary/aromatic N) is 2. The molecule has 1 aromatic carbocycles. The van der Waals surface area contributed by atoms with Crippen molar-refractivity contribution in [2.24, 2.45) is 0 Å². The van der Waals surface area contributed by atoms with E-state index in [1.807, 2.05) is 26.0 Å². The SMILES string of the molecule is CCCOC(=O)c1cnc2nc(C)ccc2c1Nc1ccc(F)c(Cl)c1. The molecule has 134 valence electrons. The van der Waals surface area contributed by atoms with E-state index in [1.165, 1.54) is 24.4 Å². The Morgan fingerprint density at radius 3 is 2.85 bits per heavy atom. The molecule has 0 atom stereocenters. The molecule has 3 aromatic rings. The van der Waals surface area contributed by atoms with Crippen LogP contribution in [-0.2, 0) is 4.74 Å². The van der Waals surface area contributed by atoms with E-state index in [-0.39, 0.29) is 10.6 Å². The van der Waals surface area contributed by atoms with Gasteiger partial charge < -0.3 is 10.1 Å². The maximum absolute atomic E-state index is 13.4. The molecule has 0 saturated heterocycles. The number of rotatable bonds is 5. The van der Waals surface area contributed by atoms with Crippen molar-refractivity contribution in [2.45, 2.75) is 20.3 Å². The Bertz CT molecular complexity index is 978. The van der Waals surface area contributed by atoms with E-state index in [1.54, 1.807) is 0 Å². The Morgan fingerprint density at radius 2 is 2.12 bits per heavy atom. The zero-order valence-corrected chi connectivity index (χ0v) is 15.1. The van der Waals surface area contributed by atoms with Crippen LogP contribution >= 0.6 is 11.6 Å². The van der Waals surface area contributed by atoms with Crippen molar-refractivity contribution in [1.29, 1.82) is 0 Å². The molecule has 0 spiro atoms. The van der Waals surface area contributed by atoms with Gasteiger partial charge >= 0.3 is 5.97 Å². The van der Waals surface area contributed by atoms with Crippen molar-refractivity contribution in [3.63, 3.8) is 0 Å². The number of halogens is 2. The molecule has 0 aliphatic carbocycles. The summed E-state index contributed by atoms with van der Waals surface area (Å²) in [6.45, 7) is 4.08. The minimum Gasteiger partial charge on any atom is -0.462 e. The van der Waals surface area contributed by atoms with Crippen LogP contribution in [0.15, 0.2) is 36.5 Å². The first-order valence-electron chi connectivity index (χ1n) is 8.15. The molecule has 0 aliphatic rings. The molecule has 0 fully saturated rings. The van der Waals surface area contributed by atoms with Gasteiger partial charge in [-0.2, -0.15) is 0 Å². The van der Waals surface area contributed by atoms with Crippen LogP contribution < -0.4 is 5.32 Å². The number of hydrogen-bond acceptors (Lipinski definition) is 5. The lowest BCUT2D eigenvalue weighted by molar-refractivity contribution is 0.0506. The lowest BCUT2D eigenvalue weighted by Gasteiger charge is -2.14. The minimum absolute atomic E-state index is 0.0163. The van der Waals surface area contributed by atoms with Crippen molar-refractivity contribution in [3.8, 4) is 0 Å². The van der Waals surface area contributed by atoms with Gasteiger partial charge in [-0.1, -0.05) is 18.5 Å². The van der Waals surface area contributed by atoms with Crippen molar-refractivity contribution >= 4 is 40.0 Å². The monoisotopic (exact) mass is 373 g/mol. The van der Waals surface area contributed by atoms with Gasteiger partial charge in [0.1, 0.15) is 11.4 Å². The number of esters is 1. The molecule has 7 heteroatoms. The number of nitrogens with one attached hydrogen (secondary N) is 1. The number of benzene rings is 1. The predicted octanol–water partition coefficient (Wildman–Crippen LogP) is 5.04. The second-order valence-electron chi connectivity index (χ2n) is 5.76. The number of ether oxygens (including phenoxy) is 1. The fourth-order valence-corrected chi connectivity index (χ4v) is 2.63. The highest BCUT2D eigenvalue weighted by atomic mass is 35.5. The average Bonchev–Trinajstić information content (AvgIpc) is 2.62. The maximum Gasteiger partial charge on any atom is 0.341 e. The molecular formula is C19H17ClFN3O2. The zero-order chi connectivity index (χ0) is 18.7. The highest BCUT2D eigenvalue weighted by Crippen LogP contribution is 2.30. The quantitative estimate of drug-likeness (QED) is 0.634. The lowest BCUT2D eigenvalue weighted by atomic mass is 10.1. The normalized spacial score (nSPS) is 10.8. The summed E-state index contributed by atoms with van der Waals surface area (Å²) in [6.07, 6.45) is 2.14. The van der Waals surface area contributed by atoms with Crippen molar-refractivity contribution in [3.05, 3.63) is 58.6 Å². The summed E-state index contributed by atoms with van der Waals surface area (Å²) in [5.41, 5.74) is 2.60. The number of aromatic nitrogens is 2. The Kier molecular flexibility index (Phi) is 5.32. The molecule has 0 saturated carbocycles. The average molecular weight is 374 g/mol. The van der Waals surface area contributed by atoms with Crippen LogP contribution in [0.4, 0.5) is 15.8 Å². The number of hydrogen-bond donors (Lipinski definition) is 1. The summed E-state index contributed by atoms with van der Waals surface area (Å²) in [5, 5.41) is 3.77. The molecule has 0 unspecified atom stereocenters. The molecule has 26 heavy (non-hydrogen) atoms. The number of carbonyl (C=O) groups excluding carboxylic acids is 1. The van der Waals surface area contributed by atoms with Gasteiger partial charge in [-0.05, 0) is 43.7 Å². The zero-order valence-electron chi connectivity index (χ0n) is 14.3.